The van der Waals surface area contributed by atoms with Crippen LogP contribution in [0.3, 0.4) is 0 Å². The maximum atomic E-state index is 11.4. The summed E-state index contributed by atoms with van der Waals surface area (Å²) in [5.74, 6) is -0.255. The predicted molar refractivity (Wildman–Crippen MR) is 53.1 cm³/mol. The van der Waals surface area contributed by atoms with Crippen molar-refractivity contribution in [3.63, 3.8) is 0 Å². The lowest BCUT2D eigenvalue weighted by Gasteiger charge is -2.19. The van der Waals surface area contributed by atoms with E-state index in [1.807, 2.05) is 0 Å². The number of carbonyl (C=O) groups excluding carboxylic acids is 1. The van der Waals surface area contributed by atoms with Gasteiger partial charge in [0.1, 0.15) is 0 Å². The number of carbonyl (C=O) groups is 1. The van der Waals surface area contributed by atoms with Crippen LogP contribution in [0.1, 0.15) is 19.3 Å². The third-order valence-electron chi connectivity index (χ3n) is 1.92. The summed E-state index contributed by atoms with van der Waals surface area (Å²) in [7, 11) is -2.29. The highest BCUT2D eigenvalue weighted by molar-refractivity contribution is 7.92. The molecular formula is C8H16N2O2S. The maximum Gasteiger partial charge on any atom is 0.270 e. The lowest BCUT2D eigenvalue weighted by molar-refractivity contribution is -0.120. The topological polar surface area (TPSA) is 58.5 Å². The first-order chi connectivity index (χ1) is 5.99. The smallest absolute Gasteiger partial charge is 0.270 e. The average Bonchev–Trinajstić information content (AvgIpc) is 2.03. The van der Waals surface area contributed by atoms with Gasteiger partial charge in [-0.3, -0.25) is 4.79 Å². The molecule has 0 aliphatic carbocycles. The van der Waals surface area contributed by atoms with Crippen molar-refractivity contribution in [3.05, 3.63) is 0 Å². The zero-order valence-corrected chi connectivity index (χ0v) is 8.89. The van der Waals surface area contributed by atoms with Gasteiger partial charge in [-0.25, -0.2) is 4.21 Å². The Hall–Kier alpha value is -0.420. The molecule has 0 radical (unpaired) electrons. The molecule has 0 aromatic heterocycles. The van der Waals surface area contributed by atoms with Crippen LogP contribution in [0.2, 0.25) is 0 Å². The van der Waals surface area contributed by atoms with Crippen molar-refractivity contribution in [3.8, 4) is 0 Å². The van der Waals surface area contributed by atoms with Crippen LogP contribution < -0.4 is 5.32 Å². The van der Waals surface area contributed by atoms with Gasteiger partial charge in [-0.2, -0.15) is 4.36 Å². The van der Waals surface area contributed by atoms with Gasteiger partial charge >= 0.3 is 0 Å². The van der Waals surface area contributed by atoms with E-state index < -0.39 is 9.73 Å². The Morgan fingerprint density at radius 3 is 2.62 bits per heavy atom. The lowest BCUT2D eigenvalue weighted by Crippen LogP contribution is -2.39. The van der Waals surface area contributed by atoms with Crippen LogP contribution in [0.25, 0.3) is 0 Å². The molecular weight excluding hydrogens is 188 g/mol. The van der Waals surface area contributed by atoms with Crippen LogP contribution in [-0.4, -0.2) is 35.2 Å². The van der Waals surface area contributed by atoms with Gasteiger partial charge in [0.15, 0.2) is 0 Å². The Morgan fingerprint density at radius 1 is 1.46 bits per heavy atom. The molecule has 1 fully saturated rings. The molecule has 5 heteroatoms. The summed E-state index contributed by atoms with van der Waals surface area (Å²) in [6.07, 6.45) is 5.93. The van der Waals surface area contributed by atoms with Crippen molar-refractivity contribution in [1.82, 2.24) is 5.32 Å². The van der Waals surface area contributed by atoms with Crippen LogP contribution in [-0.2, 0) is 14.5 Å². The molecule has 0 unspecified atom stereocenters. The van der Waals surface area contributed by atoms with E-state index in [1.165, 1.54) is 12.5 Å². The first-order valence-corrected chi connectivity index (χ1v) is 6.76. The quantitative estimate of drug-likeness (QED) is 0.672. The van der Waals surface area contributed by atoms with Gasteiger partial charge in [-0.15, -0.1) is 0 Å². The fourth-order valence-corrected chi connectivity index (χ4v) is 1.90. The zero-order chi connectivity index (χ0) is 9.90. The van der Waals surface area contributed by atoms with Gasteiger partial charge in [-0.05, 0) is 19.4 Å². The number of piperidine rings is 1. The van der Waals surface area contributed by atoms with Gasteiger partial charge in [0.05, 0.1) is 6.04 Å². The van der Waals surface area contributed by atoms with E-state index in [0.29, 0.717) is 0 Å². The van der Waals surface area contributed by atoms with Crippen molar-refractivity contribution < 1.29 is 9.00 Å². The summed E-state index contributed by atoms with van der Waals surface area (Å²) in [5.41, 5.74) is 0. The molecule has 0 bridgehead atoms. The van der Waals surface area contributed by atoms with Crippen molar-refractivity contribution >= 4 is 15.6 Å². The summed E-state index contributed by atoms with van der Waals surface area (Å²) in [6, 6.07) is -0.200. The molecule has 1 rings (SSSR count). The molecule has 1 amide bonds. The van der Waals surface area contributed by atoms with Gasteiger partial charge in [0.25, 0.3) is 5.91 Å². The van der Waals surface area contributed by atoms with Crippen molar-refractivity contribution in [2.75, 3.05) is 19.1 Å². The molecule has 1 saturated heterocycles. The highest BCUT2D eigenvalue weighted by Crippen LogP contribution is 2.08. The molecule has 1 aliphatic heterocycles. The third-order valence-corrected chi connectivity index (χ3v) is 2.54. The molecule has 0 saturated carbocycles. The van der Waals surface area contributed by atoms with Crippen molar-refractivity contribution in [2.24, 2.45) is 4.36 Å². The second-order valence-electron chi connectivity index (χ2n) is 3.61. The summed E-state index contributed by atoms with van der Waals surface area (Å²) < 4.78 is 14.9. The normalized spacial score (nSPS) is 24.0. The van der Waals surface area contributed by atoms with Crippen LogP contribution in [0.15, 0.2) is 4.36 Å². The van der Waals surface area contributed by atoms with Crippen LogP contribution >= 0.6 is 0 Å². The summed E-state index contributed by atoms with van der Waals surface area (Å²) in [4.78, 5) is 11.4. The molecule has 4 nitrogen and oxygen atoms in total. The monoisotopic (exact) mass is 204 g/mol. The van der Waals surface area contributed by atoms with Gasteiger partial charge < -0.3 is 5.32 Å². The highest BCUT2D eigenvalue weighted by Gasteiger charge is 2.20. The second kappa shape index (κ2) is 4.19. The molecule has 1 atom stereocenters. The maximum absolute atomic E-state index is 11.4. The number of nitrogens with zero attached hydrogens (tertiary/aromatic N) is 1. The summed E-state index contributed by atoms with van der Waals surface area (Å²) in [6.45, 7) is 0.862. The lowest BCUT2D eigenvalue weighted by atomic mass is 10.1. The third kappa shape index (κ3) is 3.87. The fourth-order valence-electron chi connectivity index (χ4n) is 1.34. The molecule has 0 aromatic carbocycles. The Bertz CT molecular complexity index is 291. The van der Waals surface area contributed by atoms with Crippen molar-refractivity contribution in [1.29, 1.82) is 0 Å². The molecule has 1 heterocycles. The standard InChI is InChI=1S/C8H16N2O2S/c1-13(2,12)10-8(11)7-5-3-4-6-9-7/h7,9H,3-6H2,1-2H3/t7-/m1/s1. The molecule has 1 aliphatic rings. The highest BCUT2D eigenvalue weighted by atomic mass is 32.2. The summed E-state index contributed by atoms with van der Waals surface area (Å²) >= 11 is 0. The molecule has 13 heavy (non-hydrogen) atoms. The van der Waals surface area contributed by atoms with E-state index in [4.69, 9.17) is 0 Å². The minimum absolute atomic E-state index is 0.200. The molecule has 76 valence electrons. The molecule has 1 N–H and O–H groups in total. The van der Waals surface area contributed by atoms with Gasteiger partial charge in [0.2, 0.25) is 0 Å². The SMILES string of the molecule is CS(C)(=O)=NC(=O)[C@H]1CCCCN1. The Balaban J connectivity index is 2.62. The first-order valence-electron chi connectivity index (χ1n) is 4.43. The number of nitrogens with one attached hydrogen (secondary N) is 1. The van der Waals surface area contributed by atoms with Crippen molar-refractivity contribution in [2.45, 2.75) is 25.3 Å². The van der Waals surface area contributed by atoms with E-state index >= 15 is 0 Å². The zero-order valence-electron chi connectivity index (χ0n) is 8.08. The average molecular weight is 204 g/mol. The number of hydrogen-bond acceptors (Lipinski definition) is 3. The second-order valence-corrected chi connectivity index (χ2v) is 6.16. The Labute approximate surface area is 79.3 Å². The summed E-state index contributed by atoms with van der Waals surface area (Å²) in [5, 5.41) is 3.07. The van der Waals surface area contributed by atoms with E-state index in [0.717, 1.165) is 25.8 Å². The number of rotatable bonds is 1. The molecule has 0 spiro atoms. The number of hydrogen-bond donors (Lipinski definition) is 1. The van der Waals surface area contributed by atoms with E-state index in [2.05, 4.69) is 9.68 Å². The first kappa shape index (κ1) is 10.7. The van der Waals surface area contributed by atoms with Crippen LogP contribution in [0.4, 0.5) is 0 Å². The van der Waals surface area contributed by atoms with E-state index in [9.17, 15) is 9.00 Å². The minimum atomic E-state index is -2.29. The van der Waals surface area contributed by atoms with E-state index in [1.54, 1.807) is 0 Å². The van der Waals surface area contributed by atoms with Gasteiger partial charge in [0, 0.05) is 22.2 Å². The number of amides is 1. The van der Waals surface area contributed by atoms with Crippen LogP contribution in [0.5, 0.6) is 0 Å². The molecule has 0 aromatic rings. The fraction of sp³-hybridized carbons (Fsp3) is 0.875. The predicted octanol–water partition coefficient (Wildman–Crippen LogP) is 0.383. The Kier molecular flexibility index (Phi) is 3.44. The van der Waals surface area contributed by atoms with Gasteiger partial charge in [-0.1, -0.05) is 6.42 Å². The van der Waals surface area contributed by atoms with E-state index in [-0.39, 0.29) is 11.9 Å². The van der Waals surface area contributed by atoms with Crippen LogP contribution in [0, 0.1) is 0 Å². The largest absolute Gasteiger partial charge is 0.306 e. The Morgan fingerprint density at radius 2 is 2.15 bits per heavy atom. The minimum Gasteiger partial charge on any atom is -0.306 e.